The second kappa shape index (κ2) is 2.71. The van der Waals surface area contributed by atoms with Crippen molar-refractivity contribution in [2.24, 2.45) is 4.99 Å². The number of hydrogen-bond donors (Lipinski definition) is 0. The molecule has 1 aliphatic rings. The number of aliphatic imine (C=N–C) groups is 1. The zero-order valence-electron chi connectivity index (χ0n) is 4.16. The Balaban J connectivity index is 2.33. The number of carbonyl (C=O) groups excluding carboxylic acids is 1. The maximum atomic E-state index is 9.64. The molecule has 1 rings (SSSR count). The number of rotatable bonds is 1. The van der Waals surface area contributed by atoms with Crippen molar-refractivity contribution in [3.8, 4) is 0 Å². The third-order valence-electron chi connectivity index (χ3n) is 0.707. The largest absolute Gasteiger partial charge is 0.404 e. The molecule has 0 fully saturated rings. The molecule has 1 aliphatic heterocycles. The van der Waals surface area contributed by atoms with Crippen LogP contribution in [0.25, 0.3) is 0 Å². The van der Waals surface area contributed by atoms with E-state index in [1.807, 2.05) is 0 Å². The summed E-state index contributed by atoms with van der Waals surface area (Å²) in [6.45, 7) is 1.17. The molecule has 0 spiro atoms. The van der Waals surface area contributed by atoms with Crippen LogP contribution in [0.2, 0.25) is 0 Å². The molecule has 0 saturated carbocycles. The molecule has 0 aromatic carbocycles. The molecule has 0 amide bonds. The molecule has 0 aliphatic carbocycles. The molecule has 0 unspecified atom stereocenters. The highest BCUT2D eigenvalue weighted by molar-refractivity contribution is 8.13. The van der Waals surface area contributed by atoms with Gasteiger partial charge in [-0.05, 0) is 0 Å². The van der Waals surface area contributed by atoms with Crippen LogP contribution in [0, 0.1) is 0 Å². The Morgan fingerprint density at radius 2 is 2.75 bits per heavy atom. The van der Waals surface area contributed by atoms with Crippen molar-refractivity contribution in [2.45, 2.75) is 0 Å². The van der Waals surface area contributed by atoms with Gasteiger partial charge < -0.3 is 4.74 Å². The first-order valence-electron chi connectivity index (χ1n) is 2.21. The number of carbonyl (C=O) groups is 1. The highest BCUT2D eigenvalue weighted by Crippen LogP contribution is 2.10. The van der Waals surface area contributed by atoms with Crippen LogP contribution in [-0.4, -0.2) is 24.0 Å². The summed E-state index contributed by atoms with van der Waals surface area (Å²) in [6.07, 6.45) is 0. The lowest BCUT2D eigenvalue weighted by Crippen LogP contribution is -1.92. The fourth-order valence-corrected chi connectivity index (χ4v) is 1.08. The van der Waals surface area contributed by atoms with E-state index >= 15 is 0 Å². The monoisotopic (exact) mass is 131 g/mol. The SMILES string of the molecule is O=COC1=NCCS1. The molecular weight excluding hydrogens is 126 g/mol. The summed E-state index contributed by atoms with van der Waals surface area (Å²) in [4.78, 5) is 13.5. The van der Waals surface area contributed by atoms with Gasteiger partial charge in [0.05, 0.1) is 6.54 Å². The highest BCUT2D eigenvalue weighted by Gasteiger charge is 2.05. The van der Waals surface area contributed by atoms with Crippen molar-refractivity contribution >= 4 is 23.5 Å². The van der Waals surface area contributed by atoms with Gasteiger partial charge in [0, 0.05) is 5.75 Å². The van der Waals surface area contributed by atoms with Crippen molar-refractivity contribution < 1.29 is 9.53 Å². The Morgan fingerprint density at radius 1 is 1.88 bits per heavy atom. The van der Waals surface area contributed by atoms with Gasteiger partial charge in [-0.3, -0.25) is 4.79 Å². The average molecular weight is 131 g/mol. The van der Waals surface area contributed by atoms with Crippen molar-refractivity contribution in [1.82, 2.24) is 0 Å². The minimum atomic E-state index is 0.400. The van der Waals surface area contributed by atoms with E-state index in [2.05, 4.69) is 9.73 Å². The molecule has 0 aromatic heterocycles. The van der Waals surface area contributed by atoms with Gasteiger partial charge >= 0.3 is 0 Å². The van der Waals surface area contributed by atoms with Crippen molar-refractivity contribution in [2.75, 3.05) is 12.3 Å². The summed E-state index contributed by atoms with van der Waals surface area (Å²) in [5.41, 5.74) is 0. The van der Waals surface area contributed by atoms with E-state index < -0.39 is 0 Å². The third kappa shape index (κ3) is 1.23. The van der Waals surface area contributed by atoms with Crippen LogP contribution in [0.3, 0.4) is 0 Å². The average Bonchev–Trinajstić information content (AvgIpc) is 2.19. The van der Waals surface area contributed by atoms with Gasteiger partial charge in [0.15, 0.2) is 0 Å². The van der Waals surface area contributed by atoms with Gasteiger partial charge in [-0.15, -0.1) is 0 Å². The Labute approximate surface area is 51.1 Å². The number of nitrogens with zero attached hydrogens (tertiary/aromatic N) is 1. The van der Waals surface area contributed by atoms with Gasteiger partial charge in [0.2, 0.25) is 0 Å². The predicted octanol–water partition coefficient (Wildman–Crippen LogP) is 0.262. The van der Waals surface area contributed by atoms with Crippen LogP contribution in [0.15, 0.2) is 4.99 Å². The summed E-state index contributed by atoms with van der Waals surface area (Å²) < 4.78 is 4.44. The standard InChI is InChI=1S/C4H5NO2S/c6-3-7-4-5-1-2-8-4/h3H,1-2H2. The number of thioether (sulfide) groups is 1. The maximum Gasteiger partial charge on any atom is 0.300 e. The van der Waals surface area contributed by atoms with Gasteiger partial charge in [0.1, 0.15) is 0 Å². The zero-order chi connectivity index (χ0) is 5.82. The van der Waals surface area contributed by atoms with E-state index in [-0.39, 0.29) is 0 Å². The Hall–Kier alpha value is -0.510. The predicted molar refractivity (Wildman–Crippen MR) is 31.9 cm³/mol. The molecule has 0 bridgehead atoms. The van der Waals surface area contributed by atoms with Crippen LogP contribution >= 0.6 is 11.8 Å². The van der Waals surface area contributed by atoms with Gasteiger partial charge in [-0.2, -0.15) is 0 Å². The first-order valence-corrected chi connectivity index (χ1v) is 3.19. The van der Waals surface area contributed by atoms with Crippen LogP contribution in [-0.2, 0) is 9.53 Å². The van der Waals surface area contributed by atoms with Gasteiger partial charge in [-0.1, -0.05) is 11.8 Å². The van der Waals surface area contributed by atoms with Crippen LogP contribution in [0.5, 0.6) is 0 Å². The molecule has 0 atom stereocenters. The topological polar surface area (TPSA) is 38.7 Å². The maximum absolute atomic E-state index is 9.64. The lowest BCUT2D eigenvalue weighted by atomic mass is 10.8. The second-order valence-corrected chi connectivity index (χ2v) is 2.26. The summed E-state index contributed by atoms with van der Waals surface area (Å²) >= 11 is 1.46. The highest BCUT2D eigenvalue weighted by atomic mass is 32.2. The van der Waals surface area contributed by atoms with E-state index in [0.717, 1.165) is 12.3 Å². The molecule has 0 aromatic rings. The van der Waals surface area contributed by atoms with E-state index in [1.54, 1.807) is 0 Å². The lowest BCUT2D eigenvalue weighted by Gasteiger charge is -1.88. The first-order chi connectivity index (χ1) is 3.93. The molecule has 8 heavy (non-hydrogen) atoms. The van der Waals surface area contributed by atoms with Crippen molar-refractivity contribution in [3.05, 3.63) is 0 Å². The van der Waals surface area contributed by atoms with Crippen molar-refractivity contribution in [3.63, 3.8) is 0 Å². The van der Waals surface area contributed by atoms with E-state index in [1.165, 1.54) is 11.8 Å². The first kappa shape index (κ1) is 5.62. The third-order valence-corrected chi connectivity index (χ3v) is 1.57. The summed E-state index contributed by atoms with van der Waals surface area (Å²) in [6, 6.07) is 0. The quantitative estimate of drug-likeness (QED) is 0.479. The fourth-order valence-electron chi connectivity index (χ4n) is 0.428. The summed E-state index contributed by atoms with van der Waals surface area (Å²) in [5, 5.41) is 0.500. The Morgan fingerprint density at radius 3 is 3.25 bits per heavy atom. The summed E-state index contributed by atoms with van der Waals surface area (Å²) in [7, 11) is 0. The molecule has 4 heteroatoms. The summed E-state index contributed by atoms with van der Waals surface area (Å²) in [5.74, 6) is 0.934. The molecule has 1 heterocycles. The Kier molecular flexibility index (Phi) is 1.91. The number of hydrogen-bond acceptors (Lipinski definition) is 4. The van der Waals surface area contributed by atoms with E-state index in [9.17, 15) is 4.79 Å². The minimum Gasteiger partial charge on any atom is -0.404 e. The lowest BCUT2D eigenvalue weighted by molar-refractivity contribution is -0.121. The smallest absolute Gasteiger partial charge is 0.300 e. The van der Waals surface area contributed by atoms with Crippen LogP contribution in [0.4, 0.5) is 0 Å². The zero-order valence-corrected chi connectivity index (χ0v) is 4.98. The van der Waals surface area contributed by atoms with Crippen LogP contribution in [0.1, 0.15) is 0 Å². The van der Waals surface area contributed by atoms with Crippen LogP contribution < -0.4 is 0 Å². The molecule has 3 nitrogen and oxygen atoms in total. The molecular formula is C4H5NO2S. The van der Waals surface area contributed by atoms with Gasteiger partial charge in [-0.25, -0.2) is 4.99 Å². The van der Waals surface area contributed by atoms with E-state index in [0.29, 0.717) is 11.7 Å². The fraction of sp³-hybridized carbons (Fsp3) is 0.500. The molecule has 44 valence electrons. The Bertz CT molecular complexity index is 123. The second-order valence-electron chi connectivity index (χ2n) is 1.21. The molecule has 0 N–H and O–H groups in total. The van der Waals surface area contributed by atoms with Gasteiger partial charge in [0.25, 0.3) is 11.7 Å². The molecule has 0 radical (unpaired) electrons. The molecule has 0 saturated heterocycles. The normalized spacial score (nSPS) is 17.8. The number of ether oxygens (including phenoxy) is 1. The van der Waals surface area contributed by atoms with E-state index in [4.69, 9.17) is 0 Å². The van der Waals surface area contributed by atoms with Crippen molar-refractivity contribution in [1.29, 1.82) is 0 Å². The minimum absolute atomic E-state index is 0.400.